The number of benzene rings is 1. The van der Waals surface area contributed by atoms with Crippen molar-refractivity contribution in [1.82, 2.24) is 0 Å². The Labute approximate surface area is 113 Å². The fraction of sp³-hybridized carbons (Fsp3) is 0.533. The van der Waals surface area contributed by atoms with E-state index in [4.69, 9.17) is 14.6 Å². The van der Waals surface area contributed by atoms with E-state index in [1.54, 1.807) is 0 Å². The van der Waals surface area contributed by atoms with Crippen molar-refractivity contribution >= 4 is 5.97 Å². The van der Waals surface area contributed by atoms with Gasteiger partial charge in [-0.2, -0.15) is 0 Å². The van der Waals surface area contributed by atoms with Crippen LogP contribution in [-0.2, 0) is 16.0 Å². The molecule has 2 rings (SSSR count). The summed E-state index contributed by atoms with van der Waals surface area (Å²) < 4.78 is 10.8. The van der Waals surface area contributed by atoms with Crippen LogP contribution < -0.4 is 4.74 Å². The molecule has 1 aromatic rings. The third-order valence-corrected chi connectivity index (χ3v) is 3.51. The van der Waals surface area contributed by atoms with Crippen molar-refractivity contribution in [1.29, 1.82) is 0 Å². The minimum Gasteiger partial charge on any atom is -0.490 e. The first-order valence-corrected chi connectivity index (χ1v) is 6.70. The van der Waals surface area contributed by atoms with Crippen molar-refractivity contribution in [3.05, 3.63) is 29.8 Å². The zero-order valence-corrected chi connectivity index (χ0v) is 11.2. The number of aliphatic carboxylic acids is 1. The van der Waals surface area contributed by atoms with E-state index in [0.717, 1.165) is 24.2 Å². The Morgan fingerprint density at radius 1 is 1.32 bits per heavy atom. The lowest BCUT2D eigenvalue weighted by molar-refractivity contribution is -0.148. The zero-order chi connectivity index (χ0) is 13.7. The summed E-state index contributed by atoms with van der Waals surface area (Å²) in [5, 5.41) is 8.93. The van der Waals surface area contributed by atoms with Crippen molar-refractivity contribution in [3.63, 3.8) is 0 Å². The summed E-state index contributed by atoms with van der Waals surface area (Å²) in [5.41, 5.74) is 0.938. The van der Waals surface area contributed by atoms with E-state index in [1.165, 1.54) is 20.0 Å². The van der Waals surface area contributed by atoms with Gasteiger partial charge in [-0.15, -0.1) is 0 Å². The van der Waals surface area contributed by atoms with Gasteiger partial charge in [-0.25, -0.2) is 4.79 Å². The van der Waals surface area contributed by atoms with E-state index in [1.807, 2.05) is 24.3 Å². The molecule has 0 radical (unpaired) electrons. The van der Waals surface area contributed by atoms with Gasteiger partial charge >= 0.3 is 5.97 Å². The first-order valence-electron chi connectivity index (χ1n) is 6.70. The van der Waals surface area contributed by atoms with E-state index >= 15 is 0 Å². The van der Waals surface area contributed by atoms with E-state index in [9.17, 15) is 4.79 Å². The molecule has 1 N–H and O–H groups in total. The number of carboxylic acid groups (broad SMARTS) is 1. The average Bonchev–Trinajstić information content (AvgIpc) is 2.90. The van der Waals surface area contributed by atoms with Gasteiger partial charge < -0.3 is 14.6 Å². The van der Waals surface area contributed by atoms with Crippen molar-refractivity contribution in [2.75, 3.05) is 7.11 Å². The fourth-order valence-electron chi connectivity index (χ4n) is 2.39. The molecule has 1 fully saturated rings. The molecule has 1 atom stereocenters. The van der Waals surface area contributed by atoms with E-state index in [-0.39, 0.29) is 0 Å². The SMILES string of the molecule is COC(Cc1ccc(OC2CCCC2)cc1)C(=O)O. The molecule has 0 aromatic heterocycles. The highest BCUT2D eigenvalue weighted by Gasteiger charge is 2.18. The van der Waals surface area contributed by atoms with Crippen LogP contribution in [0.15, 0.2) is 24.3 Å². The fourth-order valence-corrected chi connectivity index (χ4v) is 2.39. The van der Waals surface area contributed by atoms with E-state index in [2.05, 4.69) is 0 Å². The number of rotatable bonds is 6. The number of carbonyl (C=O) groups is 1. The Hall–Kier alpha value is -1.55. The minimum absolute atomic E-state index is 0.344. The smallest absolute Gasteiger partial charge is 0.333 e. The highest BCUT2D eigenvalue weighted by atomic mass is 16.5. The molecule has 19 heavy (non-hydrogen) atoms. The molecular formula is C15H20O4. The molecule has 0 amide bonds. The van der Waals surface area contributed by atoms with Crippen LogP contribution in [-0.4, -0.2) is 30.4 Å². The van der Waals surface area contributed by atoms with Gasteiger partial charge in [-0.3, -0.25) is 0 Å². The van der Waals surface area contributed by atoms with Crippen molar-refractivity contribution < 1.29 is 19.4 Å². The molecule has 104 valence electrons. The lowest BCUT2D eigenvalue weighted by Crippen LogP contribution is -2.24. The summed E-state index contributed by atoms with van der Waals surface area (Å²) in [6.45, 7) is 0. The predicted molar refractivity (Wildman–Crippen MR) is 71.5 cm³/mol. The van der Waals surface area contributed by atoms with Gasteiger partial charge in [0.2, 0.25) is 0 Å². The van der Waals surface area contributed by atoms with Crippen LogP contribution in [0.4, 0.5) is 0 Å². The zero-order valence-electron chi connectivity index (χ0n) is 11.2. The van der Waals surface area contributed by atoms with Crippen molar-refractivity contribution in [3.8, 4) is 5.75 Å². The second kappa shape index (κ2) is 6.57. The molecule has 1 aromatic carbocycles. The third-order valence-electron chi connectivity index (χ3n) is 3.51. The molecule has 4 heteroatoms. The van der Waals surface area contributed by atoms with Crippen molar-refractivity contribution in [2.24, 2.45) is 0 Å². The van der Waals surface area contributed by atoms with Gasteiger partial charge in [-0.1, -0.05) is 12.1 Å². The molecule has 1 aliphatic rings. The van der Waals surface area contributed by atoms with Crippen LogP contribution in [0.25, 0.3) is 0 Å². The Bertz CT molecular complexity index is 407. The second-order valence-corrected chi connectivity index (χ2v) is 4.93. The molecule has 0 bridgehead atoms. The Balaban J connectivity index is 1.91. The summed E-state index contributed by atoms with van der Waals surface area (Å²) in [5.74, 6) is -0.0753. The van der Waals surface area contributed by atoms with Gasteiger partial charge in [0.1, 0.15) is 5.75 Å². The Morgan fingerprint density at radius 3 is 2.47 bits per heavy atom. The minimum atomic E-state index is -0.936. The first-order chi connectivity index (χ1) is 9.19. The van der Waals surface area contributed by atoms with Gasteiger partial charge in [0.25, 0.3) is 0 Å². The number of carboxylic acids is 1. The average molecular weight is 264 g/mol. The topological polar surface area (TPSA) is 55.8 Å². The highest BCUT2D eigenvalue weighted by molar-refractivity contribution is 5.72. The summed E-state index contributed by atoms with van der Waals surface area (Å²) in [4.78, 5) is 10.9. The third kappa shape index (κ3) is 3.96. The summed E-state index contributed by atoms with van der Waals surface area (Å²) >= 11 is 0. The molecule has 0 saturated heterocycles. The number of hydrogen-bond acceptors (Lipinski definition) is 3. The number of ether oxygens (including phenoxy) is 2. The second-order valence-electron chi connectivity index (χ2n) is 4.93. The molecule has 1 aliphatic carbocycles. The summed E-state index contributed by atoms with van der Waals surface area (Å²) in [6, 6.07) is 7.61. The molecule has 0 heterocycles. The van der Waals surface area contributed by atoms with Crippen LogP contribution in [0.2, 0.25) is 0 Å². The maximum Gasteiger partial charge on any atom is 0.333 e. The molecule has 1 unspecified atom stereocenters. The van der Waals surface area contributed by atoms with Crippen molar-refractivity contribution in [2.45, 2.75) is 44.3 Å². The van der Waals surface area contributed by atoms with Crippen LogP contribution in [0.3, 0.4) is 0 Å². The van der Waals surface area contributed by atoms with Crippen LogP contribution in [0.5, 0.6) is 5.75 Å². The lowest BCUT2D eigenvalue weighted by atomic mass is 10.1. The highest BCUT2D eigenvalue weighted by Crippen LogP contribution is 2.24. The standard InChI is InChI=1S/C15H20O4/c1-18-14(15(16)17)10-11-6-8-13(9-7-11)19-12-4-2-3-5-12/h6-9,12,14H,2-5,10H2,1H3,(H,16,17). The van der Waals surface area contributed by atoms with E-state index < -0.39 is 12.1 Å². The number of hydrogen-bond donors (Lipinski definition) is 1. The Morgan fingerprint density at radius 2 is 1.95 bits per heavy atom. The van der Waals surface area contributed by atoms with Crippen LogP contribution >= 0.6 is 0 Å². The molecular weight excluding hydrogens is 244 g/mol. The van der Waals surface area contributed by atoms with Gasteiger partial charge in [-0.05, 0) is 43.4 Å². The molecule has 4 nitrogen and oxygen atoms in total. The monoisotopic (exact) mass is 264 g/mol. The first kappa shape index (κ1) is 13.9. The maximum absolute atomic E-state index is 10.9. The molecule has 0 aliphatic heterocycles. The molecule has 0 spiro atoms. The predicted octanol–water partition coefficient (Wildman–Crippen LogP) is 2.65. The summed E-state index contributed by atoms with van der Waals surface area (Å²) in [7, 11) is 1.41. The van der Waals surface area contributed by atoms with Crippen LogP contribution in [0.1, 0.15) is 31.2 Å². The summed E-state index contributed by atoms with van der Waals surface area (Å²) in [6.07, 6.45) is 4.68. The lowest BCUT2D eigenvalue weighted by Gasteiger charge is -2.14. The van der Waals surface area contributed by atoms with Gasteiger partial charge in [0.05, 0.1) is 6.10 Å². The maximum atomic E-state index is 10.9. The van der Waals surface area contributed by atoms with Gasteiger partial charge in [0.15, 0.2) is 6.10 Å². The Kier molecular flexibility index (Phi) is 4.80. The van der Waals surface area contributed by atoms with Crippen LogP contribution in [0, 0.1) is 0 Å². The van der Waals surface area contributed by atoms with E-state index in [0.29, 0.717) is 12.5 Å². The molecule has 1 saturated carbocycles. The quantitative estimate of drug-likeness (QED) is 0.858. The normalized spacial score (nSPS) is 17.3. The number of methoxy groups -OCH3 is 1. The largest absolute Gasteiger partial charge is 0.490 e. The van der Waals surface area contributed by atoms with Gasteiger partial charge in [0, 0.05) is 13.5 Å².